The minimum atomic E-state index is 0. The second-order valence-corrected chi connectivity index (χ2v) is 4.99. The number of rotatable bonds is 4. The van der Waals surface area contributed by atoms with Crippen LogP contribution in [-0.4, -0.2) is 10.8 Å². The number of hydrogen-bond acceptors (Lipinski definition) is 2. The molecule has 0 atom stereocenters. The van der Waals surface area contributed by atoms with Crippen LogP contribution in [0.5, 0.6) is 0 Å². The molecule has 7 heteroatoms. The summed E-state index contributed by atoms with van der Waals surface area (Å²) in [5, 5.41) is 0. The molecule has 5 radical (unpaired) electrons. The van der Waals surface area contributed by atoms with Crippen molar-refractivity contribution in [2.75, 3.05) is 0 Å². The molecule has 0 N–H and O–H groups in total. The summed E-state index contributed by atoms with van der Waals surface area (Å²) in [5.74, 6) is 0.146. The Morgan fingerprint density at radius 2 is 1.52 bits per heavy atom. The van der Waals surface area contributed by atoms with Gasteiger partial charge in [0.2, 0.25) is 0 Å². The quantitative estimate of drug-likeness (QED) is 0.184. The number of pyridine rings is 1. The van der Waals surface area contributed by atoms with E-state index in [1.54, 1.807) is 24.5 Å². The predicted molar refractivity (Wildman–Crippen MR) is 109 cm³/mol. The van der Waals surface area contributed by atoms with Crippen molar-refractivity contribution < 1.29 is 168 Å². The molecule has 31 heavy (non-hydrogen) atoms. The molecule has 0 fully saturated rings. The fourth-order valence-electron chi connectivity index (χ4n) is 1.92. The molecule has 0 aliphatic carbocycles. The third-order valence-electron chi connectivity index (χ3n) is 3.21. The zero-order valence-corrected chi connectivity index (χ0v) is 32.7. The van der Waals surface area contributed by atoms with Crippen molar-refractivity contribution in [3.8, 4) is 0 Å². The Balaban J connectivity index is -0.000000121. The summed E-state index contributed by atoms with van der Waals surface area (Å²) in [6.45, 7) is 5.84. The third-order valence-corrected chi connectivity index (χ3v) is 3.21. The van der Waals surface area contributed by atoms with E-state index in [2.05, 4.69) is 17.1 Å². The summed E-state index contributed by atoms with van der Waals surface area (Å²) in [7, 11) is 0. The number of ketones is 1. The molecular weight excluding hydrogens is 763 g/mol. The summed E-state index contributed by atoms with van der Waals surface area (Å²) in [6.07, 6.45) is 8.94. The van der Waals surface area contributed by atoms with Gasteiger partial charge < -0.3 is 0 Å². The van der Waals surface area contributed by atoms with Gasteiger partial charge in [0.25, 0.3) is 0 Å². The van der Waals surface area contributed by atoms with Gasteiger partial charge in [-0.3, -0.25) is 9.78 Å². The molecule has 0 unspecified atom stereocenters. The van der Waals surface area contributed by atoms with E-state index in [0.29, 0.717) is 12.0 Å². The van der Waals surface area contributed by atoms with Crippen molar-refractivity contribution in [1.29, 1.82) is 0 Å². The molecule has 149 valence electrons. The van der Waals surface area contributed by atoms with E-state index in [1.807, 2.05) is 81.4 Å². The second-order valence-electron chi connectivity index (χ2n) is 4.99. The molecule has 0 aliphatic rings. The first-order valence-electron chi connectivity index (χ1n) is 8.84. The van der Waals surface area contributed by atoms with Gasteiger partial charge in [-0.2, -0.15) is 35.9 Å². The molecule has 2 aromatic carbocycles. The van der Waals surface area contributed by atoms with Crippen LogP contribution < -0.4 is 0 Å². The SMILES string of the molecule is CC.CCC(=O)c1cccnc1.[C-](=Cc1[c-]cccc1)c1ccccc1.[Y].[Y].[Y].[Y].[Y]. The van der Waals surface area contributed by atoms with Crippen molar-refractivity contribution in [3.05, 3.63) is 108 Å². The maximum absolute atomic E-state index is 11.0. The van der Waals surface area contributed by atoms with Gasteiger partial charge in [-0.25, -0.2) is 11.6 Å². The second kappa shape index (κ2) is 30.6. The Morgan fingerprint density at radius 1 is 0.903 bits per heavy atom. The fourth-order valence-corrected chi connectivity index (χ4v) is 1.92. The Bertz CT molecular complexity index is 728. The van der Waals surface area contributed by atoms with Crippen molar-refractivity contribution in [2.24, 2.45) is 0 Å². The fraction of sp³-hybridized carbons (Fsp3) is 0.167. The van der Waals surface area contributed by atoms with Gasteiger partial charge in [0.15, 0.2) is 5.78 Å². The summed E-state index contributed by atoms with van der Waals surface area (Å²) >= 11 is 0. The van der Waals surface area contributed by atoms with Crippen LogP contribution in [0.4, 0.5) is 0 Å². The van der Waals surface area contributed by atoms with Gasteiger partial charge in [0.05, 0.1) is 0 Å². The first-order valence-corrected chi connectivity index (χ1v) is 8.84. The average molecular weight is 788 g/mol. The van der Waals surface area contributed by atoms with Crippen LogP contribution in [-0.2, 0) is 164 Å². The van der Waals surface area contributed by atoms with Gasteiger partial charge in [0.1, 0.15) is 0 Å². The molecule has 0 saturated heterocycles. The molecule has 1 aromatic heterocycles. The Labute approximate surface area is 314 Å². The number of aromatic nitrogens is 1. The minimum Gasteiger partial charge on any atom is -0.294 e. The normalized spacial score (nSPS) is 7.97. The molecular formula is C24H25NOY5-2. The molecule has 1 heterocycles. The van der Waals surface area contributed by atoms with Crippen molar-refractivity contribution in [1.82, 2.24) is 4.98 Å². The van der Waals surface area contributed by atoms with Crippen LogP contribution in [0.2, 0.25) is 0 Å². The van der Waals surface area contributed by atoms with Gasteiger partial charge in [-0.05, 0) is 12.1 Å². The summed E-state index contributed by atoms with van der Waals surface area (Å²) in [6, 6.07) is 24.6. The summed E-state index contributed by atoms with van der Waals surface area (Å²) in [4.78, 5) is 14.8. The third kappa shape index (κ3) is 21.5. The molecule has 3 aromatic rings. The van der Waals surface area contributed by atoms with E-state index in [1.165, 1.54) is 0 Å². The molecule has 0 aliphatic heterocycles. The van der Waals surface area contributed by atoms with E-state index in [0.717, 1.165) is 11.1 Å². The number of nitrogens with zero attached hydrogens (tertiary/aromatic N) is 1. The van der Waals surface area contributed by atoms with Crippen LogP contribution in [0.3, 0.4) is 0 Å². The molecule has 0 amide bonds. The number of hydrogen-bond donors (Lipinski definition) is 0. The van der Waals surface area contributed by atoms with Gasteiger partial charge in [0, 0.05) is 188 Å². The maximum Gasteiger partial charge on any atom is 0.164 e. The molecule has 0 bridgehead atoms. The molecule has 2 nitrogen and oxygen atoms in total. The van der Waals surface area contributed by atoms with E-state index in [-0.39, 0.29) is 169 Å². The van der Waals surface area contributed by atoms with Crippen molar-refractivity contribution >= 4 is 11.9 Å². The standard InChI is InChI=1S/C14H10.C8H9NO.C2H6.5Y/c1-3-7-13(8-4-1)11-12-14-9-5-2-6-10-14;1-2-8(10)7-4-3-5-9-6-7;1-2;;;;;/h1-9,12H;3-6H,2H2,1H3;1-2H3;;;;;/q-2;;;;;;;. The Kier molecular flexibility index (Phi) is 42.9. The number of benzene rings is 2. The van der Waals surface area contributed by atoms with Gasteiger partial charge in [-0.15, -0.1) is 30.3 Å². The number of Topliss-reactive ketones (excluding diaryl/α,β-unsaturated/α-hetero) is 1. The topological polar surface area (TPSA) is 30.0 Å². The van der Waals surface area contributed by atoms with Crippen molar-refractivity contribution in [3.63, 3.8) is 0 Å². The molecule has 3 rings (SSSR count). The van der Waals surface area contributed by atoms with Crippen LogP contribution in [0.25, 0.3) is 6.08 Å². The zero-order chi connectivity index (χ0) is 19.0. The Hall–Kier alpha value is 2.52. The van der Waals surface area contributed by atoms with E-state index < -0.39 is 0 Å². The smallest absolute Gasteiger partial charge is 0.164 e. The minimum absolute atomic E-state index is 0. The predicted octanol–water partition coefficient (Wildman–Crippen LogP) is 6.04. The molecule has 0 saturated carbocycles. The zero-order valence-electron chi connectivity index (χ0n) is 18.5. The number of carbonyl (C=O) groups excluding carboxylic acids is 1. The van der Waals surface area contributed by atoms with E-state index >= 15 is 0 Å². The Morgan fingerprint density at radius 3 is 2.00 bits per heavy atom. The number of carbonyl (C=O) groups is 1. The van der Waals surface area contributed by atoms with Crippen LogP contribution in [0.15, 0.2) is 79.1 Å². The van der Waals surface area contributed by atoms with Crippen molar-refractivity contribution in [2.45, 2.75) is 27.2 Å². The largest absolute Gasteiger partial charge is 0.294 e. The average Bonchev–Trinajstić information content (AvgIpc) is 2.76. The first kappa shape index (κ1) is 43.6. The monoisotopic (exact) mass is 788 g/mol. The van der Waals surface area contributed by atoms with E-state index in [9.17, 15) is 4.79 Å². The van der Waals surface area contributed by atoms with Crippen LogP contribution in [0.1, 0.15) is 48.7 Å². The summed E-state index contributed by atoms with van der Waals surface area (Å²) in [5.41, 5.74) is 2.84. The molecule has 0 spiro atoms. The van der Waals surface area contributed by atoms with Crippen LogP contribution in [0, 0.1) is 12.1 Å². The van der Waals surface area contributed by atoms with Crippen LogP contribution >= 0.6 is 0 Å². The summed E-state index contributed by atoms with van der Waals surface area (Å²) < 4.78 is 0. The maximum atomic E-state index is 11.0. The van der Waals surface area contributed by atoms with E-state index in [4.69, 9.17) is 0 Å². The first-order chi connectivity index (χ1) is 12.8. The van der Waals surface area contributed by atoms with Gasteiger partial charge >= 0.3 is 0 Å². The van der Waals surface area contributed by atoms with Gasteiger partial charge in [-0.1, -0.05) is 26.8 Å².